The minimum Gasteiger partial charge on any atom is -0.490 e. The minimum absolute atomic E-state index is 0.0624. The van der Waals surface area contributed by atoms with Crippen LogP contribution >= 0.6 is 11.6 Å². The third-order valence-corrected chi connectivity index (χ3v) is 13.1. The summed E-state index contributed by atoms with van der Waals surface area (Å²) in [7, 11) is 2.67. The van der Waals surface area contributed by atoms with Gasteiger partial charge in [-0.2, -0.15) is 0 Å². The molecule has 2 aliphatic carbocycles. The Kier molecular flexibility index (Phi) is 10.4. The van der Waals surface area contributed by atoms with Gasteiger partial charge in [-0.3, -0.25) is 19.0 Å². The van der Waals surface area contributed by atoms with Gasteiger partial charge in [0.25, 0.3) is 11.8 Å². The number of anilines is 1. The summed E-state index contributed by atoms with van der Waals surface area (Å²) in [6.07, 6.45) is 10.0. The van der Waals surface area contributed by atoms with E-state index in [1.807, 2.05) is 18.2 Å². The van der Waals surface area contributed by atoms with Crippen LogP contribution in [0.4, 0.5) is 5.69 Å². The Morgan fingerprint density at radius 2 is 1.94 bits per heavy atom. The maximum Gasteiger partial charge on any atom is 0.286 e. The number of fused-ring (bicyclic) bond motifs is 4. The van der Waals surface area contributed by atoms with E-state index in [1.165, 1.54) is 29.1 Å². The number of benzene rings is 2. The van der Waals surface area contributed by atoms with E-state index in [1.54, 1.807) is 39.5 Å². The van der Waals surface area contributed by atoms with Gasteiger partial charge in [0.1, 0.15) is 21.2 Å². The van der Waals surface area contributed by atoms with Gasteiger partial charge in [0, 0.05) is 56.6 Å². The first kappa shape index (κ1) is 36.4. The SMILES string of the molecule is COc1nn(C)cc1C(=O)N[S@@]1(=O)=NC(=O)c2ccc3c(c2)N(C[C@@H]2CC[C@H]2[C@@H](OC)/C=C/[C@H](OC)CC1)C[C@@]1(CCCc2cc(Cl)ccc21)CO3. The fourth-order valence-corrected chi connectivity index (χ4v) is 10.0. The second kappa shape index (κ2) is 14.8. The van der Waals surface area contributed by atoms with Crippen LogP contribution < -0.4 is 19.1 Å². The van der Waals surface area contributed by atoms with Crippen LogP contribution in [0.2, 0.25) is 5.02 Å². The quantitative estimate of drug-likeness (QED) is 0.335. The number of methoxy groups -OCH3 is 3. The van der Waals surface area contributed by atoms with Gasteiger partial charge in [0.05, 0.1) is 37.4 Å². The standard InChI is InChI=1S/C38H46ClN5O7S/c1-43-21-30(37(40-43)50-4)36(46)42-52(47)17-15-28(48-2)10-14-33(49-3)29-11-7-26(29)20-44-22-38(16-5-6-24-18-27(39)9-12-31(24)38)23-51-34-13-8-25(19-32(34)44)35(45)41-52/h8-10,12-14,18-19,21,26,28-29,33H,5-7,11,15-17,20,22-23H2,1-4H3,(H,41,42,45,46,47)/b14-10+/t26-,28-,29+,33-,38-,52-/m0/s1. The molecule has 2 aromatic carbocycles. The monoisotopic (exact) mass is 751 g/mol. The molecule has 1 fully saturated rings. The minimum atomic E-state index is -3.67. The predicted octanol–water partition coefficient (Wildman–Crippen LogP) is 5.52. The average Bonchev–Trinajstić information content (AvgIpc) is 3.44. The van der Waals surface area contributed by atoms with E-state index in [9.17, 15) is 13.8 Å². The molecule has 1 N–H and O–H groups in total. The van der Waals surface area contributed by atoms with Crippen molar-refractivity contribution in [2.45, 2.75) is 56.1 Å². The number of halogens is 1. The molecule has 12 nitrogen and oxygen atoms in total. The van der Waals surface area contributed by atoms with E-state index in [-0.39, 0.29) is 46.6 Å². The van der Waals surface area contributed by atoms with E-state index < -0.39 is 27.8 Å². The van der Waals surface area contributed by atoms with Crippen molar-refractivity contribution in [3.05, 3.63) is 82.0 Å². The zero-order valence-corrected chi connectivity index (χ0v) is 31.6. The molecule has 0 radical (unpaired) electrons. The lowest BCUT2D eigenvalue weighted by atomic mass is 9.68. The summed E-state index contributed by atoms with van der Waals surface area (Å²) in [5, 5.41) is 4.86. The second-order valence-corrected chi connectivity index (χ2v) is 16.8. The van der Waals surface area contributed by atoms with Gasteiger partial charge in [0.2, 0.25) is 5.88 Å². The molecule has 1 spiro atoms. The molecule has 6 atom stereocenters. The van der Waals surface area contributed by atoms with E-state index in [4.69, 9.17) is 30.5 Å². The average molecular weight is 752 g/mol. The molecular formula is C38H46ClN5O7S. The van der Waals surface area contributed by atoms with Crippen LogP contribution in [-0.4, -0.2) is 84.8 Å². The first-order chi connectivity index (χ1) is 25.0. The third-order valence-electron chi connectivity index (χ3n) is 11.1. The van der Waals surface area contributed by atoms with Gasteiger partial charge in [-0.15, -0.1) is 9.46 Å². The van der Waals surface area contributed by atoms with Gasteiger partial charge < -0.3 is 23.8 Å². The highest BCUT2D eigenvalue weighted by atomic mass is 35.5. The summed E-state index contributed by atoms with van der Waals surface area (Å²) in [4.78, 5) is 29.9. The number of rotatable bonds is 5. The molecule has 1 saturated carbocycles. The molecule has 14 heteroatoms. The Labute approximate surface area is 310 Å². The molecule has 2 bridgehead atoms. The van der Waals surface area contributed by atoms with Gasteiger partial charge in [-0.1, -0.05) is 29.8 Å². The Balaban J connectivity index is 1.31. The summed E-state index contributed by atoms with van der Waals surface area (Å²) >= 11 is 6.46. The van der Waals surface area contributed by atoms with Crippen LogP contribution in [0.1, 0.15) is 63.9 Å². The summed E-state index contributed by atoms with van der Waals surface area (Å²) in [5.41, 5.74) is 3.32. The van der Waals surface area contributed by atoms with Crippen LogP contribution in [0.5, 0.6) is 11.6 Å². The van der Waals surface area contributed by atoms with Crippen LogP contribution in [0.25, 0.3) is 0 Å². The van der Waals surface area contributed by atoms with E-state index in [2.05, 4.69) is 31.2 Å². The fraction of sp³-hybridized carbons (Fsp3) is 0.500. The first-order valence-corrected chi connectivity index (χ1v) is 19.8. The largest absolute Gasteiger partial charge is 0.490 e. The number of nitrogens with one attached hydrogen (secondary N) is 1. The number of aryl methyl sites for hydroxylation is 2. The number of hydrogen-bond acceptors (Lipinski definition) is 9. The third kappa shape index (κ3) is 7.20. The zero-order valence-electron chi connectivity index (χ0n) is 30.0. The molecule has 4 aliphatic rings. The van der Waals surface area contributed by atoms with Crippen LogP contribution in [0.15, 0.2) is 59.1 Å². The van der Waals surface area contributed by atoms with Gasteiger partial charge >= 0.3 is 0 Å². The molecule has 3 aromatic rings. The molecule has 278 valence electrons. The fourth-order valence-electron chi connectivity index (χ4n) is 8.26. The molecular weight excluding hydrogens is 706 g/mol. The van der Waals surface area contributed by atoms with E-state index >= 15 is 0 Å². The molecule has 2 aliphatic heterocycles. The number of aromatic nitrogens is 2. The molecule has 7 rings (SSSR count). The van der Waals surface area contributed by atoms with Crippen molar-refractivity contribution < 1.29 is 32.7 Å². The van der Waals surface area contributed by atoms with Crippen molar-refractivity contribution in [1.29, 1.82) is 0 Å². The van der Waals surface area contributed by atoms with Crippen molar-refractivity contribution in [3.8, 4) is 11.6 Å². The number of amides is 2. The molecule has 1 aromatic heterocycles. The van der Waals surface area contributed by atoms with E-state index in [0.29, 0.717) is 24.8 Å². The summed E-state index contributed by atoms with van der Waals surface area (Å²) < 4.78 is 46.5. The maximum atomic E-state index is 14.6. The highest BCUT2D eigenvalue weighted by Crippen LogP contribution is 2.47. The lowest BCUT2D eigenvalue weighted by Crippen LogP contribution is -2.49. The Morgan fingerprint density at radius 1 is 1.10 bits per heavy atom. The van der Waals surface area contributed by atoms with Gasteiger partial charge in [-0.05, 0) is 91.8 Å². The second-order valence-electron chi connectivity index (χ2n) is 14.3. The number of nitrogens with zero attached hydrogens (tertiary/aromatic N) is 4. The summed E-state index contributed by atoms with van der Waals surface area (Å²) in [6, 6.07) is 11.4. The molecule has 0 unspecified atom stereocenters. The van der Waals surface area contributed by atoms with Crippen molar-refractivity contribution >= 4 is 39.0 Å². The van der Waals surface area contributed by atoms with Crippen molar-refractivity contribution in [1.82, 2.24) is 14.5 Å². The van der Waals surface area contributed by atoms with Crippen LogP contribution in [0, 0.1) is 11.8 Å². The van der Waals surface area contributed by atoms with Crippen molar-refractivity contribution in [2.75, 3.05) is 51.7 Å². The summed E-state index contributed by atoms with van der Waals surface area (Å²) in [6.45, 7) is 1.91. The molecule has 52 heavy (non-hydrogen) atoms. The zero-order chi connectivity index (χ0) is 36.6. The van der Waals surface area contributed by atoms with Crippen molar-refractivity contribution in [2.24, 2.45) is 23.2 Å². The van der Waals surface area contributed by atoms with Gasteiger partial charge in [0.15, 0.2) is 0 Å². The number of ether oxygens (including phenoxy) is 4. The molecule has 2 amide bonds. The first-order valence-electron chi connectivity index (χ1n) is 17.8. The van der Waals surface area contributed by atoms with Crippen molar-refractivity contribution in [3.63, 3.8) is 0 Å². The smallest absolute Gasteiger partial charge is 0.286 e. The van der Waals surface area contributed by atoms with Crippen LogP contribution in [-0.2, 0) is 38.3 Å². The van der Waals surface area contributed by atoms with Crippen LogP contribution in [0.3, 0.4) is 0 Å². The molecule has 0 saturated heterocycles. The van der Waals surface area contributed by atoms with Gasteiger partial charge in [-0.25, -0.2) is 4.21 Å². The lowest BCUT2D eigenvalue weighted by molar-refractivity contribution is 0.0124. The predicted molar refractivity (Wildman–Crippen MR) is 199 cm³/mol. The Hall–Kier alpha value is -3.91. The number of hydrogen-bond donors (Lipinski definition) is 1. The number of carbonyl (C=O) groups excluding carboxylic acids is 2. The topological polar surface area (TPSA) is 134 Å². The summed E-state index contributed by atoms with van der Waals surface area (Å²) in [5.74, 6) is -0.233. The van der Waals surface area contributed by atoms with E-state index in [0.717, 1.165) is 49.4 Å². The molecule has 3 heterocycles. The lowest BCUT2D eigenvalue weighted by Gasteiger charge is -2.46. The highest BCUT2D eigenvalue weighted by molar-refractivity contribution is 7.92. The Bertz CT molecular complexity index is 2010. The number of carbonyl (C=O) groups is 2. The maximum absolute atomic E-state index is 14.6. The highest BCUT2D eigenvalue weighted by Gasteiger charge is 2.44. The Morgan fingerprint density at radius 3 is 2.69 bits per heavy atom. The normalized spacial score (nSPS) is 29.4.